The summed E-state index contributed by atoms with van der Waals surface area (Å²) in [6.07, 6.45) is 2.12. The van der Waals surface area contributed by atoms with Crippen LogP contribution in [-0.4, -0.2) is 13.1 Å². The van der Waals surface area contributed by atoms with Crippen molar-refractivity contribution in [1.29, 1.82) is 0 Å². The Balaban J connectivity index is 1.95. The topological polar surface area (TPSA) is 12.0 Å². The molecule has 0 aliphatic rings. The Kier molecular flexibility index (Phi) is 4.41. The molecule has 0 aliphatic carbocycles. The maximum absolute atomic E-state index is 5.93. The van der Waals surface area contributed by atoms with Gasteiger partial charge in [0.25, 0.3) is 0 Å². The summed E-state index contributed by atoms with van der Waals surface area (Å²) in [5, 5.41) is 7.71. The van der Waals surface area contributed by atoms with Crippen LogP contribution in [-0.2, 0) is 12.8 Å². The number of likely N-dealkylation sites (N-methyl/N-ethyl adjacent to an activating group) is 1. The van der Waals surface area contributed by atoms with E-state index in [4.69, 9.17) is 11.6 Å². The zero-order chi connectivity index (χ0) is 11.4. The van der Waals surface area contributed by atoms with Gasteiger partial charge in [0.2, 0.25) is 0 Å². The second kappa shape index (κ2) is 5.82. The van der Waals surface area contributed by atoms with Crippen LogP contribution in [0.2, 0.25) is 4.34 Å². The number of nitrogens with one attached hydrogen (secondary N) is 1. The van der Waals surface area contributed by atoms with Crippen LogP contribution in [0.25, 0.3) is 0 Å². The molecule has 0 bridgehead atoms. The lowest BCUT2D eigenvalue weighted by atomic mass is 10.1. The lowest BCUT2D eigenvalue weighted by Crippen LogP contribution is -2.29. The average molecular weight is 272 g/mol. The molecule has 0 radical (unpaired) electrons. The molecular formula is C12H14ClNS2. The Labute approximate surface area is 109 Å². The molecule has 1 nitrogen and oxygen atoms in total. The lowest BCUT2D eigenvalue weighted by molar-refractivity contribution is 0.561. The third-order valence-electron chi connectivity index (χ3n) is 2.55. The molecule has 0 fully saturated rings. The third-order valence-corrected chi connectivity index (χ3v) is 4.53. The smallest absolute Gasteiger partial charge is 0.0931 e. The minimum absolute atomic E-state index is 0.490. The van der Waals surface area contributed by atoms with Gasteiger partial charge in [0, 0.05) is 10.9 Å². The van der Waals surface area contributed by atoms with Gasteiger partial charge in [-0.05, 0) is 54.4 Å². The van der Waals surface area contributed by atoms with Crippen molar-refractivity contribution in [1.82, 2.24) is 5.32 Å². The van der Waals surface area contributed by atoms with Crippen LogP contribution in [0.1, 0.15) is 10.4 Å². The van der Waals surface area contributed by atoms with E-state index >= 15 is 0 Å². The maximum atomic E-state index is 5.93. The number of halogens is 1. The van der Waals surface area contributed by atoms with Crippen molar-refractivity contribution in [3.63, 3.8) is 0 Å². The number of hydrogen-bond donors (Lipinski definition) is 1. The number of rotatable bonds is 5. The Hall–Kier alpha value is -0.350. The van der Waals surface area contributed by atoms with Gasteiger partial charge in [0.15, 0.2) is 0 Å². The van der Waals surface area contributed by atoms with E-state index in [1.54, 1.807) is 22.7 Å². The normalized spacial score (nSPS) is 12.9. The monoisotopic (exact) mass is 271 g/mol. The molecule has 0 saturated carbocycles. The van der Waals surface area contributed by atoms with Crippen molar-refractivity contribution < 1.29 is 0 Å². The fraction of sp³-hybridized carbons (Fsp3) is 0.333. The van der Waals surface area contributed by atoms with Crippen molar-refractivity contribution >= 4 is 34.3 Å². The van der Waals surface area contributed by atoms with E-state index < -0.39 is 0 Å². The van der Waals surface area contributed by atoms with Gasteiger partial charge >= 0.3 is 0 Å². The summed E-state index contributed by atoms with van der Waals surface area (Å²) in [5.74, 6) is 0. The van der Waals surface area contributed by atoms with Crippen molar-refractivity contribution in [3.8, 4) is 0 Å². The Bertz CT molecular complexity index is 422. The largest absolute Gasteiger partial charge is 0.316 e. The Morgan fingerprint density at radius 2 is 2.19 bits per heavy atom. The summed E-state index contributed by atoms with van der Waals surface area (Å²) in [6.45, 7) is 0. The van der Waals surface area contributed by atoms with Crippen LogP contribution in [0.3, 0.4) is 0 Å². The highest BCUT2D eigenvalue weighted by Crippen LogP contribution is 2.23. The highest BCUT2D eigenvalue weighted by Gasteiger charge is 2.10. The first kappa shape index (κ1) is 12.1. The van der Waals surface area contributed by atoms with Crippen LogP contribution in [0.4, 0.5) is 0 Å². The van der Waals surface area contributed by atoms with Crippen LogP contribution in [0.5, 0.6) is 0 Å². The highest BCUT2D eigenvalue weighted by molar-refractivity contribution is 7.16. The molecule has 4 heteroatoms. The number of hydrogen-bond acceptors (Lipinski definition) is 3. The van der Waals surface area contributed by atoms with E-state index in [-0.39, 0.29) is 0 Å². The lowest BCUT2D eigenvalue weighted by Gasteiger charge is -2.14. The number of thiophene rings is 2. The predicted molar refractivity (Wildman–Crippen MR) is 73.9 cm³/mol. The van der Waals surface area contributed by atoms with Crippen molar-refractivity contribution in [2.24, 2.45) is 0 Å². The molecule has 2 rings (SSSR count). The summed E-state index contributed by atoms with van der Waals surface area (Å²) in [6, 6.07) is 6.77. The average Bonchev–Trinajstić information content (AvgIpc) is 2.89. The van der Waals surface area contributed by atoms with Crippen LogP contribution < -0.4 is 5.32 Å². The van der Waals surface area contributed by atoms with Gasteiger partial charge in [-0.15, -0.1) is 11.3 Å². The first-order chi connectivity index (χ1) is 7.78. The zero-order valence-electron chi connectivity index (χ0n) is 9.07. The van der Waals surface area contributed by atoms with Crippen LogP contribution in [0, 0.1) is 0 Å². The summed E-state index contributed by atoms with van der Waals surface area (Å²) < 4.78 is 0.875. The van der Waals surface area contributed by atoms with E-state index in [9.17, 15) is 0 Å². The van der Waals surface area contributed by atoms with Crippen LogP contribution >= 0.6 is 34.3 Å². The molecule has 0 spiro atoms. The molecule has 0 aromatic carbocycles. The summed E-state index contributed by atoms with van der Waals surface area (Å²) in [5.41, 5.74) is 1.41. The SMILES string of the molecule is CNC(Cc1ccsc1)Cc1ccc(Cl)s1. The quantitative estimate of drug-likeness (QED) is 0.871. The van der Waals surface area contributed by atoms with Crippen molar-refractivity contribution in [2.75, 3.05) is 7.05 Å². The maximum Gasteiger partial charge on any atom is 0.0931 e. The Morgan fingerprint density at radius 1 is 1.31 bits per heavy atom. The van der Waals surface area contributed by atoms with Gasteiger partial charge in [-0.2, -0.15) is 11.3 Å². The second-order valence-corrected chi connectivity index (χ2v) is 6.31. The van der Waals surface area contributed by atoms with Gasteiger partial charge in [0.1, 0.15) is 0 Å². The molecule has 2 heterocycles. The second-order valence-electron chi connectivity index (χ2n) is 3.73. The van der Waals surface area contributed by atoms with Crippen molar-refractivity contribution in [3.05, 3.63) is 43.7 Å². The van der Waals surface area contributed by atoms with E-state index in [1.165, 1.54) is 10.4 Å². The van der Waals surface area contributed by atoms with Crippen LogP contribution in [0.15, 0.2) is 29.0 Å². The summed E-state index contributed by atoms with van der Waals surface area (Å²) >= 11 is 9.36. The minimum atomic E-state index is 0.490. The van der Waals surface area contributed by atoms with Gasteiger partial charge in [-0.1, -0.05) is 11.6 Å². The molecule has 16 heavy (non-hydrogen) atoms. The molecule has 2 aromatic rings. The molecule has 1 atom stereocenters. The predicted octanol–water partition coefficient (Wildman–Crippen LogP) is 3.84. The molecule has 1 N–H and O–H groups in total. The molecule has 1 unspecified atom stereocenters. The first-order valence-corrected chi connectivity index (χ1v) is 7.34. The summed E-state index contributed by atoms with van der Waals surface area (Å²) in [7, 11) is 2.02. The van der Waals surface area contributed by atoms with Gasteiger partial charge in [0.05, 0.1) is 4.34 Å². The third kappa shape index (κ3) is 3.32. The summed E-state index contributed by atoms with van der Waals surface area (Å²) in [4.78, 5) is 1.35. The zero-order valence-corrected chi connectivity index (χ0v) is 11.5. The molecular weight excluding hydrogens is 258 g/mol. The van der Waals surface area contributed by atoms with E-state index in [2.05, 4.69) is 28.2 Å². The molecule has 0 saturated heterocycles. The first-order valence-electron chi connectivity index (χ1n) is 5.20. The molecule has 2 aromatic heterocycles. The Morgan fingerprint density at radius 3 is 2.75 bits per heavy atom. The molecule has 0 amide bonds. The fourth-order valence-electron chi connectivity index (χ4n) is 1.67. The van der Waals surface area contributed by atoms with E-state index in [0.29, 0.717) is 6.04 Å². The van der Waals surface area contributed by atoms with Gasteiger partial charge < -0.3 is 5.32 Å². The van der Waals surface area contributed by atoms with Gasteiger partial charge in [-0.25, -0.2) is 0 Å². The van der Waals surface area contributed by atoms with E-state index in [0.717, 1.165) is 17.2 Å². The fourth-order valence-corrected chi connectivity index (χ4v) is 3.52. The minimum Gasteiger partial charge on any atom is -0.316 e. The molecule has 0 aliphatic heterocycles. The highest BCUT2D eigenvalue weighted by atomic mass is 35.5. The standard InChI is InChI=1S/C12H14ClNS2/c1-14-10(6-9-4-5-15-8-9)7-11-2-3-12(13)16-11/h2-5,8,10,14H,6-7H2,1H3. The van der Waals surface area contributed by atoms with Gasteiger partial charge in [-0.3, -0.25) is 0 Å². The van der Waals surface area contributed by atoms with Crippen molar-refractivity contribution in [2.45, 2.75) is 18.9 Å². The molecule has 86 valence electrons. The van der Waals surface area contributed by atoms with E-state index in [1.807, 2.05) is 13.1 Å².